The van der Waals surface area contributed by atoms with Crippen LogP contribution in [0.3, 0.4) is 0 Å². The number of likely N-dealkylation sites (N-methyl/N-ethyl adjacent to an activating group) is 1. The minimum Gasteiger partial charge on any atom is -0.369 e. The van der Waals surface area contributed by atoms with Gasteiger partial charge in [0.25, 0.3) is 0 Å². The van der Waals surface area contributed by atoms with E-state index in [1.807, 2.05) is 0 Å². The van der Waals surface area contributed by atoms with Gasteiger partial charge in [-0.05, 0) is 37.8 Å². The van der Waals surface area contributed by atoms with Crippen molar-refractivity contribution in [2.75, 3.05) is 37.2 Å². The summed E-state index contributed by atoms with van der Waals surface area (Å²) < 4.78 is 6.16. The van der Waals surface area contributed by atoms with Crippen LogP contribution in [-0.4, -0.2) is 52.4 Å². The molecule has 2 aromatic heterocycles. The smallest absolute Gasteiger partial charge is 0.190 e. The van der Waals surface area contributed by atoms with Crippen LogP contribution in [-0.2, 0) is 17.8 Å². The molecular weight excluding hydrogens is 376 g/mol. The van der Waals surface area contributed by atoms with Gasteiger partial charge >= 0.3 is 0 Å². The molecule has 0 amide bonds. The maximum atomic E-state index is 6.16. The number of nitrogens with one attached hydrogen (secondary N) is 1. The highest BCUT2D eigenvalue weighted by Crippen LogP contribution is 2.42. The first-order valence-electron chi connectivity index (χ1n) is 10.1. The largest absolute Gasteiger partial charge is 0.369 e. The van der Waals surface area contributed by atoms with E-state index >= 15 is 0 Å². The Hall–Kier alpha value is -0.890. The van der Waals surface area contributed by atoms with Crippen molar-refractivity contribution < 1.29 is 4.74 Å². The van der Waals surface area contributed by atoms with Crippen molar-refractivity contribution in [2.45, 2.75) is 64.8 Å². The number of nitrogens with zero attached hydrogens (tertiary/aromatic N) is 3. The monoisotopic (exact) mass is 408 g/mol. The standard InChI is InChI=1S/C20H32N4OS2/c1-6-20(5)12-14-15(13-25-20)27-18-16(14)17(22-19(23-18)26-9-4)21-10-11-24(7-2)8-3/h6-13H2,1-5H3,(H,21,22,23)/t20-/m0/s1. The highest BCUT2D eigenvalue weighted by Gasteiger charge is 2.33. The first-order valence-corrected chi connectivity index (χ1v) is 11.9. The van der Waals surface area contributed by atoms with Crippen LogP contribution in [0, 0.1) is 0 Å². The fourth-order valence-electron chi connectivity index (χ4n) is 3.47. The molecule has 0 saturated heterocycles. The highest BCUT2D eigenvalue weighted by atomic mass is 32.2. The summed E-state index contributed by atoms with van der Waals surface area (Å²) in [6.07, 6.45) is 1.95. The van der Waals surface area contributed by atoms with Crippen LogP contribution in [0.4, 0.5) is 5.82 Å². The van der Waals surface area contributed by atoms with Crippen LogP contribution >= 0.6 is 23.1 Å². The minimum absolute atomic E-state index is 0.0870. The minimum atomic E-state index is -0.0870. The first kappa shape index (κ1) is 20.8. The third kappa shape index (κ3) is 4.58. The van der Waals surface area contributed by atoms with Crippen LogP contribution in [0.15, 0.2) is 5.16 Å². The lowest BCUT2D eigenvalue weighted by Gasteiger charge is -2.33. The van der Waals surface area contributed by atoms with E-state index in [-0.39, 0.29) is 5.60 Å². The first-order chi connectivity index (χ1) is 13.0. The highest BCUT2D eigenvalue weighted by molar-refractivity contribution is 7.99. The summed E-state index contributed by atoms with van der Waals surface area (Å²) in [6.45, 7) is 15.8. The molecule has 0 spiro atoms. The fourth-order valence-corrected chi connectivity index (χ4v) is 5.20. The van der Waals surface area contributed by atoms with Gasteiger partial charge in [0.05, 0.1) is 17.6 Å². The van der Waals surface area contributed by atoms with Crippen LogP contribution in [0.1, 0.15) is 51.5 Å². The van der Waals surface area contributed by atoms with E-state index in [2.05, 4.69) is 44.8 Å². The van der Waals surface area contributed by atoms with Crippen molar-refractivity contribution in [3.63, 3.8) is 0 Å². The molecule has 150 valence electrons. The van der Waals surface area contributed by atoms with E-state index < -0.39 is 0 Å². The molecule has 3 rings (SSSR count). The van der Waals surface area contributed by atoms with Crippen molar-refractivity contribution >= 4 is 39.1 Å². The van der Waals surface area contributed by atoms with Gasteiger partial charge in [-0.1, -0.05) is 39.5 Å². The van der Waals surface area contributed by atoms with Crippen LogP contribution in [0.2, 0.25) is 0 Å². The lowest BCUT2D eigenvalue weighted by Crippen LogP contribution is -2.34. The van der Waals surface area contributed by atoms with Gasteiger partial charge in [-0.15, -0.1) is 11.3 Å². The maximum absolute atomic E-state index is 6.16. The van der Waals surface area contributed by atoms with Crippen molar-refractivity contribution in [2.24, 2.45) is 0 Å². The van der Waals surface area contributed by atoms with Crippen LogP contribution in [0.5, 0.6) is 0 Å². The van der Waals surface area contributed by atoms with Gasteiger partial charge in [-0.3, -0.25) is 0 Å². The second kappa shape index (κ2) is 9.07. The molecule has 0 radical (unpaired) electrons. The number of ether oxygens (including phenoxy) is 1. The molecule has 3 heterocycles. The number of thioether (sulfide) groups is 1. The molecule has 0 aliphatic carbocycles. The van der Waals surface area contributed by atoms with Crippen molar-refractivity contribution in [1.82, 2.24) is 14.9 Å². The Balaban J connectivity index is 1.95. The number of fused-ring (bicyclic) bond motifs is 3. The Morgan fingerprint density at radius 3 is 2.67 bits per heavy atom. The van der Waals surface area contributed by atoms with Crippen molar-refractivity contribution in [3.8, 4) is 0 Å². The molecule has 1 aliphatic rings. The summed E-state index contributed by atoms with van der Waals surface area (Å²) in [5.74, 6) is 1.98. The summed E-state index contributed by atoms with van der Waals surface area (Å²) in [5, 5.41) is 5.72. The summed E-state index contributed by atoms with van der Waals surface area (Å²) in [5.41, 5.74) is 1.31. The second-order valence-electron chi connectivity index (χ2n) is 7.19. The normalized spacial score (nSPS) is 19.6. The van der Waals surface area contributed by atoms with Gasteiger partial charge in [0.1, 0.15) is 10.6 Å². The molecule has 0 unspecified atom stereocenters. The van der Waals surface area contributed by atoms with Gasteiger partial charge in [0.15, 0.2) is 5.16 Å². The summed E-state index contributed by atoms with van der Waals surface area (Å²) in [4.78, 5) is 14.6. The second-order valence-corrected chi connectivity index (χ2v) is 9.51. The molecule has 0 saturated carbocycles. The molecule has 27 heavy (non-hydrogen) atoms. The summed E-state index contributed by atoms with van der Waals surface area (Å²) >= 11 is 3.48. The Morgan fingerprint density at radius 1 is 1.22 bits per heavy atom. The summed E-state index contributed by atoms with van der Waals surface area (Å²) in [6, 6.07) is 0. The molecule has 1 N–H and O–H groups in total. The zero-order valence-electron chi connectivity index (χ0n) is 17.2. The lowest BCUT2D eigenvalue weighted by atomic mass is 9.90. The molecule has 0 bridgehead atoms. The molecule has 2 aromatic rings. The molecule has 0 aromatic carbocycles. The zero-order valence-corrected chi connectivity index (χ0v) is 18.9. The third-order valence-electron chi connectivity index (χ3n) is 5.45. The van der Waals surface area contributed by atoms with Gasteiger partial charge < -0.3 is 15.0 Å². The average Bonchev–Trinajstić information content (AvgIpc) is 3.03. The fraction of sp³-hybridized carbons (Fsp3) is 0.700. The van der Waals surface area contributed by atoms with Crippen molar-refractivity contribution in [1.29, 1.82) is 0 Å². The Morgan fingerprint density at radius 2 is 2.00 bits per heavy atom. The summed E-state index contributed by atoms with van der Waals surface area (Å²) in [7, 11) is 0. The van der Waals surface area contributed by atoms with Gasteiger partial charge in [-0.2, -0.15) is 0 Å². The SMILES string of the molecule is CCSc1nc(NCCN(CC)CC)c2c3c(sc2n1)CO[C@@](C)(CC)C3. The molecule has 7 heteroatoms. The maximum Gasteiger partial charge on any atom is 0.190 e. The average molecular weight is 409 g/mol. The van der Waals surface area contributed by atoms with E-state index in [1.165, 1.54) is 15.8 Å². The molecule has 5 nitrogen and oxygen atoms in total. The van der Waals surface area contributed by atoms with E-state index in [4.69, 9.17) is 14.7 Å². The molecule has 1 aliphatic heterocycles. The number of hydrogen-bond acceptors (Lipinski definition) is 7. The van der Waals surface area contributed by atoms with E-state index in [0.29, 0.717) is 6.61 Å². The number of thiophene rings is 1. The van der Waals surface area contributed by atoms with E-state index in [9.17, 15) is 0 Å². The number of anilines is 1. The number of aromatic nitrogens is 2. The predicted molar refractivity (Wildman–Crippen MR) is 117 cm³/mol. The topological polar surface area (TPSA) is 50.3 Å². The quantitative estimate of drug-likeness (QED) is 0.475. The molecular formula is C20H32N4OS2. The van der Waals surface area contributed by atoms with E-state index in [0.717, 1.165) is 60.6 Å². The van der Waals surface area contributed by atoms with Crippen LogP contribution in [0.25, 0.3) is 10.2 Å². The number of rotatable bonds is 9. The van der Waals surface area contributed by atoms with Gasteiger partial charge in [-0.25, -0.2) is 9.97 Å². The Bertz CT molecular complexity index is 775. The van der Waals surface area contributed by atoms with Crippen LogP contribution < -0.4 is 5.32 Å². The van der Waals surface area contributed by atoms with Gasteiger partial charge in [0, 0.05) is 24.4 Å². The van der Waals surface area contributed by atoms with Gasteiger partial charge in [0.2, 0.25) is 0 Å². The zero-order chi connectivity index (χ0) is 19.4. The van der Waals surface area contributed by atoms with Crippen molar-refractivity contribution in [3.05, 3.63) is 10.4 Å². The predicted octanol–water partition coefficient (Wildman–Crippen LogP) is 4.80. The Labute approximate surface area is 171 Å². The molecule has 0 fully saturated rings. The number of hydrogen-bond donors (Lipinski definition) is 1. The third-order valence-corrected chi connectivity index (χ3v) is 7.28. The van der Waals surface area contributed by atoms with E-state index in [1.54, 1.807) is 23.1 Å². The molecule has 1 atom stereocenters. The lowest BCUT2D eigenvalue weighted by molar-refractivity contribution is -0.0542. The Kier molecular flexibility index (Phi) is 7.00.